The Morgan fingerprint density at radius 3 is 2.55 bits per heavy atom. The highest BCUT2D eigenvalue weighted by atomic mass is 33.1. The molecule has 1 aliphatic heterocycles. The summed E-state index contributed by atoms with van der Waals surface area (Å²) in [5, 5.41) is 0. The van der Waals surface area contributed by atoms with Crippen LogP contribution in [0.3, 0.4) is 0 Å². The Balaban J connectivity index is 2.40. The van der Waals surface area contributed by atoms with Crippen LogP contribution in [0.25, 0.3) is 0 Å². The van der Waals surface area contributed by atoms with Gasteiger partial charge in [0.1, 0.15) is 0 Å². The molecule has 2 atom stereocenters. The first-order valence-corrected chi connectivity index (χ1v) is 6.85. The third kappa shape index (κ3) is 2.46. The zero-order valence-electron chi connectivity index (χ0n) is 7.08. The van der Waals surface area contributed by atoms with Gasteiger partial charge in [0.2, 0.25) is 0 Å². The van der Waals surface area contributed by atoms with Crippen LogP contribution < -0.4 is 0 Å². The minimum atomic E-state index is -0.602. The quantitative estimate of drug-likeness (QED) is 0.626. The molecule has 0 bridgehead atoms. The van der Waals surface area contributed by atoms with E-state index >= 15 is 0 Å². The van der Waals surface area contributed by atoms with Gasteiger partial charge in [-0.3, -0.25) is 4.90 Å². The van der Waals surface area contributed by atoms with Gasteiger partial charge in [-0.05, 0) is 13.1 Å². The maximum atomic E-state index is 11.0. The van der Waals surface area contributed by atoms with Crippen LogP contribution in [-0.2, 0) is 9.83 Å². The molecular formula is C7H15NOS2. The SMILES string of the molecule is CCN(CC)C1CSS(=O)C1. The predicted molar refractivity (Wildman–Crippen MR) is 52.2 cm³/mol. The van der Waals surface area contributed by atoms with Crippen molar-refractivity contribution in [3.8, 4) is 0 Å². The molecule has 11 heavy (non-hydrogen) atoms. The van der Waals surface area contributed by atoms with Gasteiger partial charge in [-0.15, -0.1) is 0 Å². The van der Waals surface area contributed by atoms with Gasteiger partial charge in [0.05, 0.1) is 15.6 Å². The van der Waals surface area contributed by atoms with E-state index in [-0.39, 0.29) is 0 Å². The number of hydrogen-bond acceptors (Lipinski definition) is 3. The second kappa shape index (κ2) is 4.48. The maximum Gasteiger partial charge on any atom is 0.0820 e. The van der Waals surface area contributed by atoms with Crippen molar-refractivity contribution in [3.05, 3.63) is 0 Å². The van der Waals surface area contributed by atoms with Gasteiger partial charge in [0.15, 0.2) is 0 Å². The molecule has 1 fully saturated rings. The zero-order chi connectivity index (χ0) is 8.27. The van der Waals surface area contributed by atoms with Gasteiger partial charge in [-0.1, -0.05) is 24.6 Å². The van der Waals surface area contributed by atoms with E-state index in [1.54, 1.807) is 10.8 Å². The first-order valence-electron chi connectivity index (χ1n) is 4.03. The van der Waals surface area contributed by atoms with Crippen molar-refractivity contribution in [3.63, 3.8) is 0 Å². The Morgan fingerprint density at radius 1 is 1.55 bits per heavy atom. The lowest BCUT2D eigenvalue weighted by Crippen LogP contribution is -2.37. The van der Waals surface area contributed by atoms with Crippen LogP contribution in [0, 0.1) is 0 Å². The summed E-state index contributed by atoms with van der Waals surface area (Å²) >= 11 is 0. The zero-order valence-corrected chi connectivity index (χ0v) is 8.71. The first-order chi connectivity index (χ1) is 5.27. The molecular weight excluding hydrogens is 178 g/mol. The van der Waals surface area contributed by atoms with Gasteiger partial charge >= 0.3 is 0 Å². The fraction of sp³-hybridized carbons (Fsp3) is 1.00. The molecule has 1 saturated heterocycles. The highest BCUT2D eigenvalue weighted by Gasteiger charge is 2.25. The largest absolute Gasteiger partial charge is 0.299 e. The number of hydrogen-bond donors (Lipinski definition) is 0. The fourth-order valence-corrected chi connectivity index (χ4v) is 4.57. The monoisotopic (exact) mass is 193 g/mol. The lowest BCUT2D eigenvalue weighted by Gasteiger charge is -2.23. The van der Waals surface area contributed by atoms with Crippen molar-refractivity contribution in [1.29, 1.82) is 0 Å². The Hall–Kier alpha value is 0.460. The van der Waals surface area contributed by atoms with Crippen LogP contribution in [-0.4, -0.2) is 39.7 Å². The molecule has 0 N–H and O–H groups in total. The second-order valence-corrected chi connectivity index (χ2v) is 5.96. The maximum absolute atomic E-state index is 11.0. The second-order valence-electron chi connectivity index (χ2n) is 2.63. The van der Waals surface area contributed by atoms with Gasteiger partial charge < -0.3 is 0 Å². The van der Waals surface area contributed by atoms with E-state index in [4.69, 9.17) is 0 Å². The molecule has 1 aliphatic rings. The van der Waals surface area contributed by atoms with Crippen molar-refractivity contribution in [2.45, 2.75) is 19.9 Å². The summed E-state index contributed by atoms with van der Waals surface area (Å²) in [5.41, 5.74) is 0. The summed E-state index contributed by atoms with van der Waals surface area (Å²) in [6.45, 7) is 6.49. The molecule has 0 aliphatic carbocycles. The average Bonchev–Trinajstić information content (AvgIpc) is 2.39. The van der Waals surface area contributed by atoms with E-state index in [0.29, 0.717) is 6.04 Å². The Morgan fingerprint density at radius 2 is 2.18 bits per heavy atom. The van der Waals surface area contributed by atoms with Gasteiger partial charge in [0, 0.05) is 11.8 Å². The minimum absolute atomic E-state index is 0.566. The molecule has 1 heterocycles. The van der Waals surface area contributed by atoms with E-state index < -0.39 is 9.83 Å². The van der Waals surface area contributed by atoms with Crippen LogP contribution >= 0.6 is 10.8 Å². The summed E-state index contributed by atoms with van der Waals surface area (Å²) in [6, 6.07) is 0.566. The highest BCUT2D eigenvalue weighted by Crippen LogP contribution is 2.22. The predicted octanol–water partition coefficient (Wildman–Crippen LogP) is 1.11. The lowest BCUT2D eigenvalue weighted by atomic mass is 10.3. The lowest BCUT2D eigenvalue weighted by molar-refractivity contribution is 0.255. The summed E-state index contributed by atoms with van der Waals surface area (Å²) < 4.78 is 11.0. The number of rotatable bonds is 3. The molecule has 0 spiro atoms. The first kappa shape index (κ1) is 9.55. The Bertz CT molecular complexity index is 147. The van der Waals surface area contributed by atoms with E-state index in [0.717, 1.165) is 24.6 Å². The van der Waals surface area contributed by atoms with Crippen molar-refractivity contribution in [1.82, 2.24) is 4.90 Å². The summed E-state index contributed by atoms with van der Waals surface area (Å²) in [7, 11) is 0.993. The van der Waals surface area contributed by atoms with Crippen LogP contribution in [0.15, 0.2) is 0 Å². The van der Waals surface area contributed by atoms with Crippen molar-refractivity contribution in [2.75, 3.05) is 24.6 Å². The molecule has 2 nitrogen and oxygen atoms in total. The van der Waals surface area contributed by atoms with Gasteiger partial charge in [-0.25, -0.2) is 4.21 Å². The summed E-state index contributed by atoms with van der Waals surface area (Å²) in [4.78, 5) is 2.39. The van der Waals surface area contributed by atoms with Crippen LogP contribution in [0.4, 0.5) is 0 Å². The standard InChI is InChI=1S/C7H15NOS2/c1-3-8(4-2)7-5-10-11(9)6-7/h7H,3-6H2,1-2H3. The Labute approximate surface area is 74.6 Å². The van der Waals surface area contributed by atoms with Gasteiger partial charge in [-0.2, -0.15) is 0 Å². The van der Waals surface area contributed by atoms with E-state index in [1.807, 2.05) is 0 Å². The summed E-state index contributed by atoms with van der Waals surface area (Å²) in [6.07, 6.45) is 0. The topological polar surface area (TPSA) is 20.3 Å². The fourth-order valence-electron chi connectivity index (χ4n) is 1.36. The molecule has 66 valence electrons. The van der Waals surface area contributed by atoms with Crippen molar-refractivity contribution >= 4 is 20.6 Å². The molecule has 1 rings (SSSR count). The molecule has 0 aromatic carbocycles. The van der Waals surface area contributed by atoms with Crippen LogP contribution in [0.5, 0.6) is 0 Å². The molecule has 0 radical (unpaired) electrons. The van der Waals surface area contributed by atoms with Crippen LogP contribution in [0.2, 0.25) is 0 Å². The molecule has 0 saturated carbocycles. The molecule has 0 amide bonds. The van der Waals surface area contributed by atoms with Crippen LogP contribution in [0.1, 0.15) is 13.8 Å². The number of nitrogens with zero attached hydrogens (tertiary/aromatic N) is 1. The average molecular weight is 193 g/mol. The smallest absolute Gasteiger partial charge is 0.0820 e. The van der Waals surface area contributed by atoms with Crippen molar-refractivity contribution in [2.24, 2.45) is 0 Å². The van der Waals surface area contributed by atoms with E-state index in [9.17, 15) is 4.21 Å². The van der Waals surface area contributed by atoms with Crippen molar-refractivity contribution < 1.29 is 4.21 Å². The van der Waals surface area contributed by atoms with E-state index in [2.05, 4.69) is 18.7 Å². The van der Waals surface area contributed by atoms with Gasteiger partial charge in [0.25, 0.3) is 0 Å². The normalized spacial score (nSPS) is 31.5. The third-order valence-electron chi connectivity index (χ3n) is 2.05. The van der Waals surface area contributed by atoms with E-state index in [1.165, 1.54) is 0 Å². The summed E-state index contributed by atoms with van der Waals surface area (Å²) in [5.74, 6) is 1.92. The molecule has 2 unspecified atom stereocenters. The minimum Gasteiger partial charge on any atom is -0.299 e. The third-order valence-corrected chi connectivity index (χ3v) is 5.09. The Kier molecular flexibility index (Phi) is 3.89. The molecule has 0 aromatic rings. The molecule has 4 heteroatoms. The highest BCUT2D eigenvalue weighted by molar-refractivity contribution is 8.69. The molecule has 0 aromatic heterocycles.